The Morgan fingerprint density at radius 3 is 2.69 bits per heavy atom. The second-order valence-corrected chi connectivity index (χ2v) is 8.07. The Bertz CT molecular complexity index is 1420. The number of aromatic nitrogens is 1. The maximum atomic E-state index is 13.4. The maximum absolute atomic E-state index is 13.4. The van der Waals surface area contributed by atoms with Crippen molar-refractivity contribution in [2.24, 2.45) is 4.99 Å². The molecule has 0 fully saturated rings. The Labute approximate surface area is 186 Å². The lowest BCUT2D eigenvalue weighted by atomic mass is 9.96. The highest BCUT2D eigenvalue weighted by Gasteiger charge is 2.33. The summed E-state index contributed by atoms with van der Waals surface area (Å²) in [6.45, 7) is 3.65. The first kappa shape index (κ1) is 21.4. The highest BCUT2D eigenvalue weighted by molar-refractivity contribution is 7.07. The number of nitrogens with zero attached hydrogens (tertiary/aromatic N) is 3. The fourth-order valence-corrected chi connectivity index (χ4v) is 4.67. The molecule has 0 amide bonds. The topological polar surface area (TPSA) is 104 Å². The molecule has 1 atom stereocenters. The zero-order chi connectivity index (χ0) is 22.8. The fourth-order valence-electron chi connectivity index (χ4n) is 3.62. The quantitative estimate of drug-likeness (QED) is 0.338. The van der Waals surface area contributed by atoms with Gasteiger partial charge in [-0.2, -0.15) is 0 Å². The molecule has 2 aromatic carbocycles. The molecular weight excluding hydrogens is 430 g/mol. The van der Waals surface area contributed by atoms with E-state index >= 15 is 0 Å². The number of hydrogen-bond donors (Lipinski definition) is 0. The van der Waals surface area contributed by atoms with Crippen molar-refractivity contribution in [1.82, 2.24) is 4.57 Å². The van der Waals surface area contributed by atoms with Crippen molar-refractivity contribution in [1.29, 1.82) is 0 Å². The second kappa shape index (κ2) is 8.72. The molecule has 0 saturated heterocycles. The van der Waals surface area contributed by atoms with E-state index in [0.29, 0.717) is 26.2 Å². The molecule has 1 aliphatic heterocycles. The SMILES string of the molecule is CCOC(=O)C1=C(C)N=c2s/c(=C\c3cccc([N+](=O)[O-])c3)c(=O)n2[C@@H]1c1ccccc1. The summed E-state index contributed by atoms with van der Waals surface area (Å²) >= 11 is 1.17. The zero-order valence-corrected chi connectivity index (χ0v) is 18.2. The number of benzene rings is 2. The van der Waals surface area contributed by atoms with Crippen LogP contribution in [0.4, 0.5) is 5.69 Å². The molecule has 0 bridgehead atoms. The lowest BCUT2D eigenvalue weighted by molar-refractivity contribution is -0.384. The fraction of sp³-hybridized carbons (Fsp3) is 0.174. The van der Waals surface area contributed by atoms with Crippen molar-refractivity contribution >= 4 is 29.1 Å². The van der Waals surface area contributed by atoms with E-state index in [4.69, 9.17) is 4.74 Å². The summed E-state index contributed by atoms with van der Waals surface area (Å²) in [5.74, 6) is -0.518. The molecule has 0 saturated carbocycles. The van der Waals surface area contributed by atoms with E-state index in [-0.39, 0.29) is 17.9 Å². The number of thiazole rings is 1. The van der Waals surface area contributed by atoms with Crippen LogP contribution in [0.2, 0.25) is 0 Å². The smallest absolute Gasteiger partial charge is 0.338 e. The van der Waals surface area contributed by atoms with E-state index in [1.807, 2.05) is 30.3 Å². The van der Waals surface area contributed by atoms with Gasteiger partial charge in [-0.3, -0.25) is 19.5 Å². The molecule has 0 radical (unpaired) electrons. The largest absolute Gasteiger partial charge is 0.463 e. The van der Waals surface area contributed by atoms with E-state index in [1.54, 1.807) is 32.1 Å². The summed E-state index contributed by atoms with van der Waals surface area (Å²) in [7, 11) is 0. The van der Waals surface area contributed by atoms with E-state index < -0.39 is 16.9 Å². The van der Waals surface area contributed by atoms with Crippen LogP contribution in [0.1, 0.15) is 31.0 Å². The van der Waals surface area contributed by atoms with Gasteiger partial charge in [-0.05, 0) is 31.1 Å². The molecule has 0 spiro atoms. The van der Waals surface area contributed by atoms with Crippen LogP contribution in [0.15, 0.2) is 75.7 Å². The Morgan fingerprint density at radius 2 is 2.00 bits per heavy atom. The number of esters is 1. The standard InChI is InChI=1S/C23H19N3O5S/c1-3-31-22(28)19-14(2)24-23-25(20(19)16-9-5-4-6-10-16)21(27)18(32-23)13-15-8-7-11-17(12-15)26(29)30/h4-13,20H,3H2,1-2H3/b18-13-/t20-/m1/s1. The van der Waals surface area contributed by atoms with Gasteiger partial charge in [-0.15, -0.1) is 0 Å². The summed E-state index contributed by atoms with van der Waals surface area (Å²) in [6.07, 6.45) is 1.60. The molecular formula is C23H19N3O5S. The van der Waals surface area contributed by atoms with Gasteiger partial charge < -0.3 is 4.74 Å². The first-order valence-corrected chi connectivity index (χ1v) is 10.7. The van der Waals surface area contributed by atoms with Gasteiger partial charge in [0.1, 0.15) is 0 Å². The van der Waals surface area contributed by atoms with Gasteiger partial charge in [0.2, 0.25) is 0 Å². The number of non-ortho nitro benzene ring substituents is 1. The minimum atomic E-state index is -0.682. The predicted molar refractivity (Wildman–Crippen MR) is 120 cm³/mol. The molecule has 0 aliphatic carbocycles. The van der Waals surface area contributed by atoms with Gasteiger partial charge in [-0.25, -0.2) is 9.79 Å². The molecule has 1 aliphatic rings. The lowest BCUT2D eigenvalue weighted by Crippen LogP contribution is -2.39. The number of hydrogen-bond acceptors (Lipinski definition) is 7. The first-order valence-electron chi connectivity index (χ1n) is 9.89. The van der Waals surface area contributed by atoms with Crippen molar-refractivity contribution in [3.05, 3.63) is 107 Å². The van der Waals surface area contributed by atoms with Crippen LogP contribution >= 0.6 is 11.3 Å². The molecule has 0 N–H and O–H groups in total. The second-order valence-electron chi connectivity index (χ2n) is 7.07. The number of carbonyl (C=O) groups excluding carboxylic acids is 1. The molecule has 32 heavy (non-hydrogen) atoms. The van der Waals surface area contributed by atoms with Crippen molar-refractivity contribution in [3.8, 4) is 0 Å². The molecule has 1 aromatic heterocycles. The molecule has 0 unspecified atom stereocenters. The number of allylic oxidation sites excluding steroid dienone is 1. The molecule has 4 rings (SSSR count). The van der Waals surface area contributed by atoms with Gasteiger partial charge in [0.25, 0.3) is 11.2 Å². The Morgan fingerprint density at radius 1 is 1.25 bits per heavy atom. The minimum absolute atomic E-state index is 0.0610. The van der Waals surface area contributed by atoms with Gasteiger partial charge >= 0.3 is 5.97 Å². The summed E-state index contributed by atoms with van der Waals surface area (Å²) in [5.41, 5.74) is 1.69. The lowest BCUT2D eigenvalue weighted by Gasteiger charge is -2.24. The van der Waals surface area contributed by atoms with Gasteiger partial charge in [0.05, 0.1) is 33.4 Å². The Kier molecular flexibility index (Phi) is 5.83. The summed E-state index contributed by atoms with van der Waals surface area (Å²) in [4.78, 5) is 41.8. The number of carbonyl (C=O) groups is 1. The van der Waals surface area contributed by atoms with Crippen LogP contribution in [0.3, 0.4) is 0 Å². The molecule has 162 valence electrons. The van der Waals surface area contributed by atoms with Crippen LogP contribution < -0.4 is 14.9 Å². The molecule has 2 heterocycles. The zero-order valence-electron chi connectivity index (χ0n) is 17.3. The monoisotopic (exact) mass is 449 g/mol. The number of fused-ring (bicyclic) bond motifs is 1. The van der Waals surface area contributed by atoms with Crippen molar-refractivity contribution in [3.63, 3.8) is 0 Å². The van der Waals surface area contributed by atoms with Crippen molar-refractivity contribution in [2.75, 3.05) is 6.61 Å². The third-order valence-corrected chi connectivity index (χ3v) is 5.99. The third kappa shape index (κ3) is 3.90. The predicted octanol–water partition coefficient (Wildman–Crippen LogP) is 2.71. The van der Waals surface area contributed by atoms with E-state index in [2.05, 4.69) is 4.99 Å². The van der Waals surface area contributed by atoms with Crippen LogP contribution in [0.25, 0.3) is 6.08 Å². The van der Waals surface area contributed by atoms with E-state index in [1.165, 1.54) is 28.0 Å². The average molecular weight is 449 g/mol. The van der Waals surface area contributed by atoms with Crippen molar-refractivity contribution in [2.45, 2.75) is 19.9 Å². The number of nitro groups is 1. The van der Waals surface area contributed by atoms with Crippen LogP contribution in [0.5, 0.6) is 0 Å². The summed E-state index contributed by atoms with van der Waals surface area (Å²) in [5, 5.41) is 11.1. The van der Waals surface area contributed by atoms with E-state index in [0.717, 1.165) is 5.56 Å². The molecule has 3 aromatic rings. The number of rotatable bonds is 5. The number of ether oxygens (including phenoxy) is 1. The Balaban J connectivity index is 1.94. The summed E-state index contributed by atoms with van der Waals surface area (Å²) in [6, 6.07) is 14.6. The third-order valence-electron chi connectivity index (χ3n) is 5.01. The van der Waals surface area contributed by atoms with Crippen LogP contribution in [-0.2, 0) is 9.53 Å². The van der Waals surface area contributed by atoms with Gasteiger partial charge in [-0.1, -0.05) is 53.8 Å². The molecule has 9 heteroatoms. The number of nitro benzene ring substituents is 1. The van der Waals surface area contributed by atoms with Crippen LogP contribution in [0, 0.1) is 10.1 Å². The summed E-state index contributed by atoms with van der Waals surface area (Å²) < 4.78 is 7.11. The molecule has 8 nitrogen and oxygen atoms in total. The van der Waals surface area contributed by atoms with Gasteiger partial charge in [0, 0.05) is 12.1 Å². The van der Waals surface area contributed by atoms with Crippen molar-refractivity contribution < 1.29 is 14.5 Å². The minimum Gasteiger partial charge on any atom is -0.463 e. The first-order chi connectivity index (χ1) is 15.4. The normalized spacial score (nSPS) is 15.8. The van der Waals surface area contributed by atoms with Gasteiger partial charge in [0.15, 0.2) is 4.80 Å². The van der Waals surface area contributed by atoms with Crippen LogP contribution in [-0.4, -0.2) is 22.1 Å². The highest BCUT2D eigenvalue weighted by Crippen LogP contribution is 2.30. The Hall–Kier alpha value is -3.85. The maximum Gasteiger partial charge on any atom is 0.338 e. The van der Waals surface area contributed by atoms with E-state index in [9.17, 15) is 19.7 Å². The highest BCUT2D eigenvalue weighted by atomic mass is 32.1. The average Bonchev–Trinajstić information content (AvgIpc) is 3.08.